The minimum atomic E-state index is -0.222. The Labute approximate surface area is 79.2 Å². The summed E-state index contributed by atoms with van der Waals surface area (Å²) in [4.78, 5) is 11.4. The summed E-state index contributed by atoms with van der Waals surface area (Å²) >= 11 is 0. The van der Waals surface area contributed by atoms with Crippen molar-refractivity contribution in [1.82, 2.24) is 5.32 Å². The highest BCUT2D eigenvalue weighted by Gasteiger charge is 2.27. The maximum absolute atomic E-state index is 11.4. The molecule has 0 aromatic rings. The topological polar surface area (TPSA) is 38.3 Å². The van der Waals surface area contributed by atoms with Gasteiger partial charge in [-0.25, -0.2) is 0 Å². The normalized spacial score (nSPS) is 27.2. The molecule has 3 heteroatoms. The molecule has 74 valence electrons. The lowest BCUT2D eigenvalue weighted by Crippen LogP contribution is -2.34. The summed E-state index contributed by atoms with van der Waals surface area (Å²) in [7, 11) is 0. The Morgan fingerprint density at radius 2 is 2.46 bits per heavy atom. The first-order valence-electron chi connectivity index (χ1n) is 4.78. The fourth-order valence-electron chi connectivity index (χ4n) is 1.41. The third-order valence-corrected chi connectivity index (χ3v) is 2.17. The average molecular weight is 183 g/mol. The zero-order valence-corrected chi connectivity index (χ0v) is 8.08. The van der Waals surface area contributed by atoms with Crippen molar-refractivity contribution >= 4 is 5.91 Å². The highest BCUT2D eigenvalue weighted by molar-refractivity contribution is 5.80. The molecule has 0 aliphatic carbocycles. The van der Waals surface area contributed by atoms with E-state index in [9.17, 15) is 4.79 Å². The second-order valence-corrected chi connectivity index (χ2v) is 3.38. The van der Waals surface area contributed by atoms with Crippen molar-refractivity contribution in [1.29, 1.82) is 0 Å². The standard InChI is InChI=1S/C10H17NO2/c1-3-4-7-11-10(12)9-6-5-8(2)13-9/h3,8-9H,1,4-7H2,2H3,(H,11,12). The summed E-state index contributed by atoms with van der Waals surface area (Å²) in [6.07, 6.45) is 4.45. The lowest BCUT2D eigenvalue weighted by molar-refractivity contribution is -0.131. The van der Waals surface area contributed by atoms with Gasteiger partial charge >= 0.3 is 0 Å². The molecule has 1 fully saturated rings. The van der Waals surface area contributed by atoms with Crippen LogP contribution in [0.5, 0.6) is 0 Å². The van der Waals surface area contributed by atoms with Gasteiger partial charge in [0.05, 0.1) is 6.10 Å². The van der Waals surface area contributed by atoms with Crippen LogP contribution in [-0.4, -0.2) is 24.7 Å². The number of carbonyl (C=O) groups is 1. The van der Waals surface area contributed by atoms with E-state index in [1.807, 2.05) is 6.92 Å². The van der Waals surface area contributed by atoms with Crippen molar-refractivity contribution in [2.24, 2.45) is 0 Å². The summed E-state index contributed by atoms with van der Waals surface area (Å²) in [6.45, 7) is 6.24. The molecular formula is C10H17NO2. The predicted molar refractivity (Wildman–Crippen MR) is 51.4 cm³/mol. The van der Waals surface area contributed by atoms with E-state index < -0.39 is 0 Å². The van der Waals surface area contributed by atoms with Gasteiger partial charge in [0.15, 0.2) is 0 Å². The van der Waals surface area contributed by atoms with E-state index in [2.05, 4.69) is 11.9 Å². The minimum absolute atomic E-state index is 0.0196. The predicted octanol–water partition coefficient (Wildman–Crippen LogP) is 1.25. The molecule has 1 N–H and O–H groups in total. The highest BCUT2D eigenvalue weighted by Crippen LogP contribution is 2.18. The zero-order valence-electron chi connectivity index (χ0n) is 8.08. The molecule has 2 atom stereocenters. The SMILES string of the molecule is C=CCCNC(=O)C1CCC(C)O1. The summed E-state index contributed by atoms with van der Waals surface area (Å²) in [5.74, 6) is 0.0196. The molecule has 1 aliphatic heterocycles. The average Bonchev–Trinajstić information content (AvgIpc) is 2.52. The smallest absolute Gasteiger partial charge is 0.249 e. The van der Waals surface area contributed by atoms with Crippen molar-refractivity contribution < 1.29 is 9.53 Å². The van der Waals surface area contributed by atoms with Crippen LogP contribution in [0.2, 0.25) is 0 Å². The first kappa shape index (κ1) is 10.3. The first-order valence-corrected chi connectivity index (χ1v) is 4.78. The third-order valence-electron chi connectivity index (χ3n) is 2.17. The maximum Gasteiger partial charge on any atom is 0.249 e. The van der Waals surface area contributed by atoms with Crippen LogP contribution in [0.1, 0.15) is 26.2 Å². The number of amides is 1. The van der Waals surface area contributed by atoms with Gasteiger partial charge in [-0.1, -0.05) is 6.08 Å². The zero-order chi connectivity index (χ0) is 9.68. The van der Waals surface area contributed by atoms with E-state index >= 15 is 0 Å². The summed E-state index contributed by atoms with van der Waals surface area (Å²) in [5.41, 5.74) is 0. The Balaban J connectivity index is 2.19. The van der Waals surface area contributed by atoms with Crippen LogP contribution < -0.4 is 5.32 Å². The van der Waals surface area contributed by atoms with Crippen LogP contribution in [0.3, 0.4) is 0 Å². The molecule has 1 rings (SSSR count). The number of ether oxygens (including phenoxy) is 1. The second kappa shape index (κ2) is 5.02. The fraction of sp³-hybridized carbons (Fsp3) is 0.700. The molecule has 1 aliphatic rings. The molecule has 0 aromatic carbocycles. The third kappa shape index (κ3) is 3.19. The Morgan fingerprint density at radius 3 is 3.00 bits per heavy atom. The van der Waals surface area contributed by atoms with Gasteiger partial charge in [-0.2, -0.15) is 0 Å². The number of nitrogens with one attached hydrogen (secondary N) is 1. The van der Waals surface area contributed by atoms with Crippen molar-refractivity contribution in [3.8, 4) is 0 Å². The van der Waals surface area contributed by atoms with Gasteiger partial charge in [0.1, 0.15) is 6.10 Å². The number of hydrogen-bond acceptors (Lipinski definition) is 2. The van der Waals surface area contributed by atoms with Crippen molar-refractivity contribution in [3.05, 3.63) is 12.7 Å². The van der Waals surface area contributed by atoms with E-state index in [0.717, 1.165) is 19.3 Å². The van der Waals surface area contributed by atoms with Gasteiger partial charge in [0.2, 0.25) is 5.91 Å². The molecule has 1 saturated heterocycles. The van der Waals surface area contributed by atoms with Crippen LogP contribution in [0.15, 0.2) is 12.7 Å². The molecule has 1 amide bonds. The van der Waals surface area contributed by atoms with E-state index in [1.54, 1.807) is 6.08 Å². The quantitative estimate of drug-likeness (QED) is 0.526. The molecule has 0 saturated carbocycles. The van der Waals surface area contributed by atoms with E-state index in [-0.39, 0.29) is 18.1 Å². The largest absolute Gasteiger partial charge is 0.365 e. The molecule has 2 unspecified atom stereocenters. The lowest BCUT2D eigenvalue weighted by Gasteiger charge is -2.10. The first-order chi connectivity index (χ1) is 6.24. The second-order valence-electron chi connectivity index (χ2n) is 3.38. The molecular weight excluding hydrogens is 166 g/mol. The maximum atomic E-state index is 11.4. The Kier molecular flexibility index (Phi) is 3.96. The fourth-order valence-corrected chi connectivity index (χ4v) is 1.41. The van der Waals surface area contributed by atoms with E-state index in [0.29, 0.717) is 6.54 Å². The minimum Gasteiger partial charge on any atom is -0.365 e. The van der Waals surface area contributed by atoms with Gasteiger partial charge in [-0.15, -0.1) is 6.58 Å². The number of rotatable bonds is 4. The molecule has 0 aromatic heterocycles. The van der Waals surface area contributed by atoms with Crippen LogP contribution in [0, 0.1) is 0 Å². The Hall–Kier alpha value is -0.830. The number of hydrogen-bond donors (Lipinski definition) is 1. The summed E-state index contributed by atoms with van der Waals surface area (Å²) < 4.78 is 5.42. The van der Waals surface area contributed by atoms with Gasteiger partial charge in [0, 0.05) is 6.54 Å². The lowest BCUT2D eigenvalue weighted by atomic mass is 10.2. The van der Waals surface area contributed by atoms with Crippen LogP contribution in [0.4, 0.5) is 0 Å². The highest BCUT2D eigenvalue weighted by atomic mass is 16.5. The molecule has 13 heavy (non-hydrogen) atoms. The van der Waals surface area contributed by atoms with Crippen LogP contribution in [0.25, 0.3) is 0 Å². The monoisotopic (exact) mass is 183 g/mol. The van der Waals surface area contributed by atoms with Crippen LogP contribution >= 0.6 is 0 Å². The Bertz CT molecular complexity index is 191. The molecule has 1 heterocycles. The number of carbonyl (C=O) groups excluding carboxylic acids is 1. The van der Waals surface area contributed by atoms with Crippen molar-refractivity contribution in [2.45, 2.75) is 38.4 Å². The summed E-state index contributed by atoms with van der Waals surface area (Å²) in [6, 6.07) is 0. The van der Waals surface area contributed by atoms with Crippen molar-refractivity contribution in [3.63, 3.8) is 0 Å². The van der Waals surface area contributed by atoms with Gasteiger partial charge in [0.25, 0.3) is 0 Å². The Morgan fingerprint density at radius 1 is 1.69 bits per heavy atom. The van der Waals surface area contributed by atoms with Gasteiger partial charge in [-0.05, 0) is 26.2 Å². The van der Waals surface area contributed by atoms with Gasteiger partial charge in [-0.3, -0.25) is 4.79 Å². The van der Waals surface area contributed by atoms with E-state index in [4.69, 9.17) is 4.74 Å². The molecule has 3 nitrogen and oxygen atoms in total. The summed E-state index contributed by atoms with van der Waals surface area (Å²) in [5, 5.41) is 2.81. The molecule has 0 bridgehead atoms. The van der Waals surface area contributed by atoms with Gasteiger partial charge < -0.3 is 10.1 Å². The molecule has 0 spiro atoms. The van der Waals surface area contributed by atoms with E-state index in [1.165, 1.54) is 0 Å². The van der Waals surface area contributed by atoms with Crippen LogP contribution in [-0.2, 0) is 9.53 Å². The van der Waals surface area contributed by atoms with Crippen molar-refractivity contribution in [2.75, 3.05) is 6.54 Å². The molecule has 0 radical (unpaired) electrons.